The van der Waals surface area contributed by atoms with Crippen LogP contribution >= 0.6 is 0 Å². The number of aliphatic hydroxyl groups excluding tert-OH is 1. The van der Waals surface area contributed by atoms with Crippen molar-refractivity contribution in [2.75, 3.05) is 19.7 Å². The van der Waals surface area contributed by atoms with E-state index in [0.717, 1.165) is 25.9 Å². The summed E-state index contributed by atoms with van der Waals surface area (Å²) in [6.45, 7) is 3.92. The van der Waals surface area contributed by atoms with Crippen LogP contribution in [-0.4, -0.2) is 35.6 Å². The summed E-state index contributed by atoms with van der Waals surface area (Å²) in [5, 5.41) is 8.57. The Balaban J connectivity index is 2.31. The number of rotatable bonds is 3. The van der Waals surface area contributed by atoms with Crippen molar-refractivity contribution in [3.05, 3.63) is 0 Å². The maximum atomic E-state index is 11.3. The van der Waals surface area contributed by atoms with Crippen molar-refractivity contribution in [2.24, 2.45) is 5.92 Å². The van der Waals surface area contributed by atoms with Gasteiger partial charge in [-0.3, -0.25) is 4.79 Å². The summed E-state index contributed by atoms with van der Waals surface area (Å²) in [7, 11) is 0. The van der Waals surface area contributed by atoms with Gasteiger partial charge in [-0.15, -0.1) is 0 Å². The van der Waals surface area contributed by atoms with E-state index < -0.39 is 0 Å². The molecular weight excluding hydrogens is 154 g/mol. The van der Waals surface area contributed by atoms with Crippen molar-refractivity contribution in [1.29, 1.82) is 0 Å². The SMILES string of the molecule is CCC1CCN(C(=O)CCO)C1. The van der Waals surface area contributed by atoms with Crippen molar-refractivity contribution in [1.82, 2.24) is 4.90 Å². The van der Waals surface area contributed by atoms with E-state index in [-0.39, 0.29) is 18.9 Å². The molecule has 0 aromatic heterocycles. The van der Waals surface area contributed by atoms with Crippen LogP contribution in [0.15, 0.2) is 0 Å². The Morgan fingerprint density at radius 3 is 2.92 bits per heavy atom. The minimum atomic E-state index is -0.0217. The Hall–Kier alpha value is -0.570. The number of hydrogen-bond acceptors (Lipinski definition) is 2. The summed E-state index contributed by atoms with van der Waals surface area (Å²) in [5.41, 5.74) is 0. The zero-order valence-electron chi connectivity index (χ0n) is 7.62. The van der Waals surface area contributed by atoms with Gasteiger partial charge in [-0.05, 0) is 12.3 Å². The maximum Gasteiger partial charge on any atom is 0.224 e. The number of amides is 1. The molecule has 1 atom stereocenters. The molecule has 1 aliphatic heterocycles. The van der Waals surface area contributed by atoms with Crippen LogP contribution < -0.4 is 0 Å². The summed E-state index contributed by atoms with van der Waals surface area (Å²) >= 11 is 0. The lowest BCUT2D eigenvalue weighted by Crippen LogP contribution is -2.29. The summed E-state index contributed by atoms with van der Waals surface area (Å²) in [6, 6.07) is 0. The van der Waals surface area contributed by atoms with Gasteiger partial charge in [0.1, 0.15) is 0 Å². The molecule has 0 bridgehead atoms. The number of carbonyl (C=O) groups excluding carboxylic acids is 1. The minimum Gasteiger partial charge on any atom is -0.396 e. The molecule has 0 saturated carbocycles. The van der Waals surface area contributed by atoms with Gasteiger partial charge in [0.2, 0.25) is 5.91 Å². The molecule has 1 rings (SSSR count). The predicted octanol–water partition coefficient (Wildman–Crippen LogP) is 0.627. The maximum absolute atomic E-state index is 11.3. The second-order valence-electron chi connectivity index (χ2n) is 3.38. The van der Waals surface area contributed by atoms with Crippen molar-refractivity contribution in [2.45, 2.75) is 26.2 Å². The van der Waals surface area contributed by atoms with E-state index >= 15 is 0 Å². The summed E-state index contributed by atoms with van der Waals surface area (Å²) in [4.78, 5) is 13.1. The first-order chi connectivity index (χ1) is 5.77. The zero-order valence-corrected chi connectivity index (χ0v) is 7.62. The van der Waals surface area contributed by atoms with Gasteiger partial charge in [0.15, 0.2) is 0 Å². The lowest BCUT2D eigenvalue weighted by Gasteiger charge is -2.15. The highest BCUT2D eigenvalue weighted by Gasteiger charge is 2.23. The highest BCUT2D eigenvalue weighted by atomic mass is 16.3. The molecule has 0 aliphatic carbocycles. The number of nitrogens with zero attached hydrogens (tertiary/aromatic N) is 1. The molecular formula is C9H17NO2. The molecule has 70 valence electrons. The molecule has 0 aromatic carbocycles. The smallest absolute Gasteiger partial charge is 0.224 e. The van der Waals surface area contributed by atoms with Crippen molar-refractivity contribution in [3.8, 4) is 0 Å². The van der Waals surface area contributed by atoms with Crippen molar-refractivity contribution in [3.63, 3.8) is 0 Å². The molecule has 1 amide bonds. The molecule has 12 heavy (non-hydrogen) atoms. The molecule has 1 saturated heterocycles. The van der Waals surface area contributed by atoms with E-state index in [1.165, 1.54) is 0 Å². The molecule has 0 radical (unpaired) electrons. The Morgan fingerprint density at radius 1 is 1.67 bits per heavy atom. The van der Waals surface area contributed by atoms with Crippen molar-refractivity contribution < 1.29 is 9.90 Å². The zero-order chi connectivity index (χ0) is 8.97. The molecule has 1 heterocycles. The van der Waals surface area contributed by atoms with Gasteiger partial charge >= 0.3 is 0 Å². The topological polar surface area (TPSA) is 40.5 Å². The van der Waals surface area contributed by atoms with Gasteiger partial charge in [-0.1, -0.05) is 13.3 Å². The van der Waals surface area contributed by atoms with Crippen LogP contribution in [0.1, 0.15) is 26.2 Å². The number of likely N-dealkylation sites (tertiary alicyclic amines) is 1. The van der Waals surface area contributed by atoms with E-state index in [9.17, 15) is 4.79 Å². The molecule has 0 spiro atoms. The number of carbonyl (C=O) groups is 1. The third-order valence-electron chi connectivity index (χ3n) is 2.54. The second kappa shape index (κ2) is 4.45. The van der Waals surface area contributed by atoms with Crippen LogP contribution in [0, 0.1) is 5.92 Å². The molecule has 0 aromatic rings. The first-order valence-corrected chi connectivity index (χ1v) is 4.66. The molecule has 1 aliphatic rings. The quantitative estimate of drug-likeness (QED) is 0.676. The van der Waals surface area contributed by atoms with E-state index in [4.69, 9.17) is 5.11 Å². The summed E-state index contributed by atoms with van der Waals surface area (Å²) < 4.78 is 0. The highest BCUT2D eigenvalue weighted by molar-refractivity contribution is 5.76. The summed E-state index contributed by atoms with van der Waals surface area (Å²) in [6.07, 6.45) is 2.58. The Kier molecular flexibility index (Phi) is 3.53. The minimum absolute atomic E-state index is 0.0217. The fourth-order valence-corrected chi connectivity index (χ4v) is 1.65. The monoisotopic (exact) mass is 171 g/mol. The summed E-state index contributed by atoms with van der Waals surface area (Å²) in [5.74, 6) is 0.793. The second-order valence-corrected chi connectivity index (χ2v) is 3.38. The Labute approximate surface area is 73.4 Å². The number of aliphatic hydroxyl groups is 1. The van der Waals surface area contributed by atoms with E-state index in [0.29, 0.717) is 5.92 Å². The van der Waals surface area contributed by atoms with Crippen LogP contribution in [0.2, 0.25) is 0 Å². The van der Waals surface area contributed by atoms with Crippen LogP contribution in [0.25, 0.3) is 0 Å². The van der Waals surface area contributed by atoms with E-state index in [2.05, 4.69) is 6.92 Å². The van der Waals surface area contributed by atoms with Gasteiger partial charge in [-0.2, -0.15) is 0 Å². The third-order valence-corrected chi connectivity index (χ3v) is 2.54. The largest absolute Gasteiger partial charge is 0.396 e. The predicted molar refractivity (Wildman–Crippen MR) is 46.7 cm³/mol. The molecule has 1 N–H and O–H groups in total. The molecule has 1 fully saturated rings. The van der Waals surface area contributed by atoms with Crippen LogP contribution in [0.4, 0.5) is 0 Å². The van der Waals surface area contributed by atoms with E-state index in [1.807, 2.05) is 4.90 Å². The standard InChI is InChI=1S/C9H17NO2/c1-2-8-3-5-10(7-8)9(12)4-6-11/h8,11H,2-7H2,1H3. The van der Waals surface area contributed by atoms with Crippen LogP contribution in [0.5, 0.6) is 0 Å². The third kappa shape index (κ3) is 2.21. The van der Waals surface area contributed by atoms with Gasteiger partial charge in [-0.25, -0.2) is 0 Å². The molecule has 3 heteroatoms. The molecule has 1 unspecified atom stereocenters. The average Bonchev–Trinajstić information content (AvgIpc) is 2.52. The van der Waals surface area contributed by atoms with Crippen LogP contribution in [-0.2, 0) is 4.79 Å². The first kappa shape index (κ1) is 9.52. The van der Waals surface area contributed by atoms with Gasteiger partial charge in [0, 0.05) is 19.5 Å². The normalized spacial score (nSPS) is 23.2. The lowest BCUT2D eigenvalue weighted by molar-refractivity contribution is -0.130. The van der Waals surface area contributed by atoms with Gasteiger partial charge < -0.3 is 10.0 Å². The molecule has 3 nitrogen and oxygen atoms in total. The lowest BCUT2D eigenvalue weighted by atomic mass is 10.1. The average molecular weight is 171 g/mol. The Morgan fingerprint density at radius 2 is 2.42 bits per heavy atom. The number of hydrogen-bond donors (Lipinski definition) is 1. The van der Waals surface area contributed by atoms with E-state index in [1.54, 1.807) is 0 Å². The first-order valence-electron chi connectivity index (χ1n) is 4.66. The van der Waals surface area contributed by atoms with Crippen LogP contribution in [0.3, 0.4) is 0 Å². The van der Waals surface area contributed by atoms with Gasteiger partial charge in [0.25, 0.3) is 0 Å². The fourth-order valence-electron chi connectivity index (χ4n) is 1.65. The van der Waals surface area contributed by atoms with Gasteiger partial charge in [0.05, 0.1) is 6.61 Å². The fraction of sp³-hybridized carbons (Fsp3) is 0.889. The Bertz CT molecular complexity index is 159. The highest BCUT2D eigenvalue weighted by Crippen LogP contribution is 2.19. The van der Waals surface area contributed by atoms with Crippen molar-refractivity contribution >= 4 is 5.91 Å².